The molecule has 1 N–H and O–H groups in total. The molecule has 0 aliphatic heterocycles. The van der Waals surface area contributed by atoms with Crippen molar-refractivity contribution in [3.63, 3.8) is 0 Å². The molecule has 7 nitrogen and oxygen atoms in total. The van der Waals surface area contributed by atoms with Crippen LogP contribution < -0.4 is 15.5 Å². The van der Waals surface area contributed by atoms with Crippen molar-refractivity contribution < 1.29 is 9.53 Å². The normalized spacial score (nSPS) is 10.5. The molecule has 1 aromatic carbocycles. The van der Waals surface area contributed by atoms with Gasteiger partial charge in [0.1, 0.15) is 12.3 Å². The smallest absolute Gasteiger partial charge is 0.272 e. The van der Waals surface area contributed by atoms with Crippen molar-refractivity contribution in [1.82, 2.24) is 14.3 Å². The molecule has 0 unspecified atom stereocenters. The van der Waals surface area contributed by atoms with Gasteiger partial charge in [-0.2, -0.15) is 5.10 Å². The van der Waals surface area contributed by atoms with Crippen LogP contribution in [0.25, 0.3) is 0 Å². The van der Waals surface area contributed by atoms with Gasteiger partial charge in [0.25, 0.3) is 5.91 Å². The molecular weight excluding hydrogens is 320 g/mol. The van der Waals surface area contributed by atoms with Crippen LogP contribution in [0.5, 0.6) is 5.75 Å². The Morgan fingerprint density at radius 1 is 1.20 bits per heavy atom. The summed E-state index contributed by atoms with van der Waals surface area (Å²) >= 11 is 0. The third-order valence-electron chi connectivity index (χ3n) is 3.63. The Kier molecular flexibility index (Phi) is 4.65. The van der Waals surface area contributed by atoms with Crippen LogP contribution in [-0.2, 0) is 20.7 Å². The number of carbonyl (C=O) groups is 1. The number of ether oxygens (including phenoxy) is 1. The summed E-state index contributed by atoms with van der Waals surface area (Å²) in [6.45, 7) is 0.289. The van der Waals surface area contributed by atoms with Crippen LogP contribution in [0.4, 0.5) is 5.69 Å². The van der Waals surface area contributed by atoms with Gasteiger partial charge < -0.3 is 14.6 Å². The van der Waals surface area contributed by atoms with Gasteiger partial charge >= 0.3 is 0 Å². The van der Waals surface area contributed by atoms with Crippen LogP contribution >= 0.6 is 0 Å². The molecule has 0 fully saturated rings. The SMILES string of the molecule is Cn1cc(NC(=O)c2cc(=O)c(OCc3ccccc3)cn2C)cn1. The Labute approximate surface area is 144 Å². The fourth-order valence-corrected chi connectivity index (χ4v) is 2.36. The first-order valence-corrected chi connectivity index (χ1v) is 7.70. The maximum Gasteiger partial charge on any atom is 0.272 e. The average molecular weight is 338 g/mol. The fourth-order valence-electron chi connectivity index (χ4n) is 2.36. The molecule has 7 heteroatoms. The molecule has 0 bridgehead atoms. The quantitative estimate of drug-likeness (QED) is 0.771. The number of aryl methyl sites for hydroxylation is 2. The van der Waals surface area contributed by atoms with Gasteiger partial charge in [-0.15, -0.1) is 0 Å². The second-order valence-electron chi connectivity index (χ2n) is 5.63. The summed E-state index contributed by atoms with van der Waals surface area (Å²) in [4.78, 5) is 24.6. The van der Waals surface area contributed by atoms with E-state index in [-0.39, 0.29) is 29.4 Å². The Balaban J connectivity index is 1.75. The minimum absolute atomic E-state index is 0.198. The minimum Gasteiger partial charge on any atom is -0.483 e. The van der Waals surface area contributed by atoms with Gasteiger partial charge in [-0.05, 0) is 5.56 Å². The zero-order valence-electron chi connectivity index (χ0n) is 14.0. The maximum atomic E-state index is 12.3. The summed E-state index contributed by atoms with van der Waals surface area (Å²) in [6.07, 6.45) is 4.73. The highest BCUT2D eigenvalue weighted by molar-refractivity contribution is 6.02. The highest BCUT2D eigenvalue weighted by Gasteiger charge is 2.13. The lowest BCUT2D eigenvalue weighted by Crippen LogP contribution is -2.21. The monoisotopic (exact) mass is 338 g/mol. The number of hydrogen-bond donors (Lipinski definition) is 1. The second-order valence-corrected chi connectivity index (χ2v) is 5.63. The van der Waals surface area contributed by atoms with Crippen molar-refractivity contribution in [3.8, 4) is 5.75 Å². The largest absolute Gasteiger partial charge is 0.483 e. The zero-order valence-corrected chi connectivity index (χ0v) is 14.0. The van der Waals surface area contributed by atoms with E-state index in [9.17, 15) is 9.59 Å². The number of rotatable bonds is 5. The van der Waals surface area contributed by atoms with Crippen molar-refractivity contribution in [2.24, 2.45) is 14.1 Å². The van der Waals surface area contributed by atoms with Gasteiger partial charge in [0, 0.05) is 26.4 Å². The van der Waals surface area contributed by atoms with Crippen molar-refractivity contribution in [2.45, 2.75) is 6.61 Å². The van der Waals surface area contributed by atoms with Crippen LogP contribution in [0, 0.1) is 0 Å². The molecule has 2 heterocycles. The van der Waals surface area contributed by atoms with Gasteiger partial charge in [0.15, 0.2) is 5.75 Å². The molecule has 0 aliphatic rings. The molecule has 0 spiro atoms. The predicted octanol–water partition coefficient (Wildman–Crippen LogP) is 1.95. The van der Waals surface area contributed by atoms with E-state index in [4.69, 9.17) is 4.74 Å². The highest BCUT2D eigenvalue weighted by atomic mass is 16.5. The van der Waals surface area contributed by atoms with Gasteiger partial charge in [-0.1, -0.05) is 30.3 Å². The van der Waals surface area contributed by atoms with Crippen LogP contribution in [0.15, 0.2) is 59.8 Å². The Bertz CT molecular complexity index is 944. The molecule has 2 aromatic heterocycles. The lowest BCUT2D eigenvalue weighted by atomic mass is 10.2. The summed E-state index contributed by atoms with van der Waals surface area (Å²) in [7, 11) is 3.44. The van der Waals surface area contributed by atoms with Crippen molar-refractivity contribution in [1.29, 1.82) is 0 Å². The van der Waals surface area contributed by atoms with E-state index in [0.29, 0.717) is 5.69 Å². The molecular formula is C18H18N4O3. The standard InChI is InChI=1S/C18H18N4O3/c1-21-11-17(25-12-13-6-4-3-5-7-13)16(23)8-15(21)18(24)20-14-9-19-22(2)10-14/h3-11H,12H2,1-2H3,(H,20,24). The predicted molar refractivity (Wildman–Crippen MR) is 93.6 cm³/mol. The summed E-state index contributed by atoms with van der Waals surface area (Å²) in [5, 5.41) is 6.69. The third kappa shape index (κ3) is 3.95. The van der Waals surface area contributed by atoms with Gasteiger partial charge in [-0.25, -0.2) is 0 Å². The first-order valence-electron chi connectivity index (χ1n) is 7.70. The Morgan fingerprint density at radius 2 is 1.96 bits per heavy atom. The number of benzene rings is 1. The second kappa shape index (κ2) is 7.04. The van der Waals surface area contributed by atoms with E-state index in [1.807, 2.05) is 30.3 Å². The number of nitrogens with one attached hydrogen (secondary N) is 1. The molecule has 0 saturated heterocycles. The van der Waals surface area contributed by atoms with E-state index in [1.54, 1.807) is 29.5 Å². The minimum atomic E-state index is -0.387. The van der Waals surface area contributed by atoms with Crippen molar-refractivity contribution >= 4 is 11.6 Å². The number of pyridine rings is 1. The van der Waals surface area contributed by atoms with Crippen LogP contribution in [-0.4, -0.2) is 20.3 Å². The summed E-state index contributed by atoms with van der Waals surface area (Å²) in [5.41, 5.74) is 1.42. The number of anilines is 1. The molecule has 128 valence electrons. The van der Waals surface area contributed by atoms with Crippen molar-refractivity contribution in [3.05, 3.63) is 76.5 Å². The number of hydrogen-bond acceptors (Lipinski definition) is 4. The Morgan fingerprint density at radius 3 is 2.64 bits per heavy atom. The van der Waals surface area contributed by atoms with Gasteiger partial charge in [0.2, 0.25) is 5.43 Å². The number of nitrogens with zero attached hydrogens (tertiary/aromatic N) is 3. The van der Waals surface area contributed by atoms with E-state index in [2.05, 4.69) is 10.4 Å². The van der Waals surface area contributed by atoms with Crippen LogP contribution in [0.2, 0.25) is 0 Å². The summed E-state index contributed by atoms with van der Waals surface area (Å²) < 4.78 is 8.72. The first-order chi connectivity index (χ1) is 12.0. The topological polar surface area (TPSA) is 78.1 Å². The molecule has 1 amide bonds. The van der Waals surface area contributed by atoms with E-state index >= 15 is 0 Å². The maximum absolute atomic E-state index is 12.3. The number of amides is 1. The third-order valence-corrected chi connectivity index (χ3v) is 3.63. The lowest BCUT2D eigenvalue weighted by molar-refractivity contribution is 0.101. The van der Waals surface area contributed by atoms with Crippen molar-refractivity contribution in [2.75, 3.05) is 5.32 Å². The average Bonchev–Trinajstić information content (AvgIpc) is 3.01. The van der Waals surface area contributed by atoms with Gasteiger partial charge in [-0.3, -0.25) is 14.3 Å². The van der Waals surface area contributed by atoms with Gasteiger partial charge in [0.05, 0.1) is 18.1 Å². The highest BCUT2D eigenvalue weighted by Crippen LogP contribution is 2.11. The summed E-state index contributed by atoms with van der Waals surface area (Å²) in [5.74, 6) is -0.188. The molecule has 3 aromatic rings. The fraction of sp³-hybridized carbons (Fsp3) is 0.167. The van der Waals surface area contributed by atoms with E-state index < -0.39 is 0 Å². The number of carbonyl (C=O) groups excluding carboxylic acids is 1. The van der Waals surface area contributed by atoms with E-state index in [0.717, 1.165) is 5.56 Å². The molecule has 3 rings (SSSR count). The molecule has 0 atom stereocenters. The van der Waals surface area contributed by atoms with E-state index in [1.165, 1.54) is 18.5 Å². The first kappa shape index (κ1) is 16.5. The number of aromatic nitrogens is 3. The Hall–Kier alpha value is -3.35. The summed E-state index contributed by atoms with van der Waals surface area (Å²) in [6, 6.07) is 10.8. The molecule has 25 heavy (non-hydrogen) atoms. The molecule has 0 radical (unpaired) electrons. The molecule has 0 aliphatic carbocycles. The van der Waals surface area contributed by atoms with Crippen LogP contribution in [0.1, 0.15) is 16.1 Å². The molecule has 0 saturated carbocycles. The van der Waals surface area contributed by atoms with Crippen LogP contribution in [0.3, 0.4) is 0 Å². The lowest BCUT2D eigenvalue weighted by Gasteiger charge is -2.11. The zero-order chi connectivity index (χ0) is 17.8.